The van der Waals surface area contributed by atoms with E-state index in [2.05, 4.69) is 0 Å². The summed E-state index contributed by atoms with van der Waals surface area (Å²) in [6.45, 7) is 5.61. The highest BCUT2D eigenvalue weighted by Gasteiger charge is 2.42. The van der Waals surface area contributed by atoms with Crippen LogP contribution in [-0.4, -0.2) is 16.5 Å². The summed E-state index contributed by atoms with van der Waals surface area (Å²) in [6.07, 6.45) is 1.31. The Morgan fingerprint density at radius 1 is 1.55 bits per heavy atom. The number of aliphatic hydroxyl groups is 1. The molecule has 0 spiro atoms. The van der Waals surface area contributed by atoms with Crippen molar-refractivity contribution >= 4 is 5.78 Å². The van der Waals surface area contributed by atoms with Crippen LogP contribution in [0, 0.1) is 11.8 Å². The smallest absolute Gasteiger partial charge is 0.138 e. The van der Waals surface area contributed by atoms with Crippen LogP contribution in [0.2, 0.25) is 0 Å². The van der Waals surface area contributed by atoms with Gasteiger partial charge in [-0.25, -0.2) is 0 Å². The Labute approximate surface area is 67.6 Å². The van der Waals surface area contributed by atoms with Gasteiger partial charge in [-0.05, 0) is 19.8 Å². The van der Waals surface area contributed by atoms with Gasteiger partial charge in [-0.3, -0.25) is 4.79 Å². The number of carbonyl (C=O) groups is 1. The van der Waals surface area contributed by atoms with E-state index in [1.807, 2.05) is 13.8 Å². The first kappa shape index (κ1) is 8.72. The van der Waals surface area contributed by atoms with Crippen molar-refractivity contribution in [1.82, 2.24) is 0 Å². The summed E-state index contributed by atoms with van der Waals surface area (Å²) in [4.78, 5) is 11.3. The first-order valence-electron chi connectivity index (χ1n) is 4.18. The number of hydrogen-bond acceptors (Lipinski definition) is 2. The number of ketones is 1. The molecule has 1 aliphatic rings. The Balaban J connectivity index is 2.38. The van der Waals surface area contributed by atoms with Crippen molar-refractivity contribution in [3.63, 3.8) is 0 Å². The van der Waals surface area contributed by atoms with Crippen LogP contribution in [0.3, 0.4) is 0 Å². The Hall–Kier alpha value is -0.370. The molecule has 0 amide bonds. The quantitative estimate of drug-likeness (QED) is 0.655. The van der Waals surface area contributed by atoms with Crippen LogP contribution >= 0.6 is 0 Å². The summed E-state index contributed by atoms with van der Waals surface area (Å²) in [7, 11) is 0. The second-order valence-corrected chi connectivity index (χ2v) is 4.16. The van der Waals surface area contributed by atoms with Crippen LogP contribution in [0.5, 0.6) is 0 Å². The van der Waals surface area contributed by atoms with Crippen LogP contribution in [0.1, 0.15) is 33.6 Å². The molecule has 2 nitrogen and oxygen atoms in total. The fraction of sp³-hybridized carbons (Fsp3) is 0.889. The molecule has 0 bridgehead atoms. The molecule has 0 aliphatic heterocycles. The molecule has 0 atom stereocenters. The van der Waals surface area contributed by atoms with Gasteiger partial charge in [0.15, 0.2) is 0 Å². The normalized spacial score (nSPS) is 37.0. The van der Waals surface area contributed by atoms with Gasteiger partial charge < -0.3 is 5.11 Å². The van der Waals surface area contributed by atoms with E-state index in [9.17, 15) is 9.90 Å². The van der Waals surface area contributed by atoms with Gasteiger partial charge >= 0.3 is 0 Å². The third-order valence-electron chi connectivity index (χ3n) is 2.34. The lowest BCUT2D eigenvalue weighted by Gasteiger charge is -2.40. The van der Waals surface area contributed by atoms with Crippen molar-refractivity contribution in [2.45, 2.75) is 39.2 Å². The van der Waals surface area contributed by atoms with E-state index >= 15 is 0 Å². The van der Waals surface area contributed by atoms with E-state index < -0.39 is 5.60 Å². The first-order chi connectivity index (χ1) is 4.92. The SMILES string of the molecule is CC(C)C(=O)[C@H]1C[C@](C)(O)C1. The van der Waals surface area contributed by atoms with Crippen LogP contribution in [-0.2, 0) is 4.79 Å². The molecule has 2 heteroatoms. The molecule has 0 aromatic carbocycles. The van der Waals surface area contributed by atoms with Gasteiger partial charge in [-0.15, -0.1) is 0 Å². The Morgan fingerprint density at radius 2 is 2.00 bits per heavy atom. The lowest BCUT2D eigenvalue weighted by Crippen LogP contribution is -2.45. The number of Topliss-reactive ketones (excluding diaryl/α,β-unsaturated/α-hetero) is 1. The third kappa shape index (κ3) is 1.80. The summed E-state index contributed by atoms with van der Waals surface area (Å²) in [5, 5.41) is 9.36. The van der Waals surface area contributed by atoms with E-state index in [-0.39, 0.29) is 11.8 Å². The summed E-state index contributed by atoms with van der Waals surface area (Å²) < 4.78 is 0. The van der Waals surface area contributed by atoms with Crippen molar-refractivity contribution in [2.24, 2.45) is 11.8 Å². The van der Waals surface area contributed by atoms with Gasteiger partial charge in [0.25, 0.3) is 0 Å². The Kier molecular flexibility index (Phi) is 2.06. The lowest BCUT2D eigenvalue weighted by atomic mass is 9.68. The molecule has 11 heavy (non-hydrogen) atoms. The van der Waals surface area contributed by atoms with Gasteiger partial charge in [0.1, 0.15) is 5.78 Å². The molecule has 1 saturated carbocycles. The van der Waals surface area contributed by atoms with Crippen LogP contribution in [0.25, 0.3) is 0 Å². The minimum absolute atomic E-state index is 0.121. The van der Waals surface area contributed by atoms with Crippen molar-refractivity contribution in [1.29, 1.82) is 0 Å². The van der Waals surface area contributed by atoms with Crippen LogP contribution in [0.15, 0.2) is 0 Å². The highest BCUT2D eigenvalue weighted by molar-refractivity contribution is 5.83. The minimum Gasteiger partial charge on any atom is -0.390 e. The molecule has 0 aromatic rings. The molecule has 1 N–H and O–H groups in total. The van der Waals surface area contributed by atoms with E-state index in [0.29, 0.717) is 18.6 Å². The molecule has 0 aromatic heterocycles. The highest BCUT2D eigenvalue weighted by Crippen LogP contribution is 2.38. The Bertz CT molecular complexity index is 162. The second kappa shape index (κ2) is 2.59. The van der Waals surface area contributed by atoms with Gasteiger partial charge in [-0.2, -0.15) is 0 Å². The molecular formula is C9H16O2. The second-order valence-electron chi connectivity index (χ2n) is 4.16. The van der Waals surface area contributed by atoms with Gasteiger partial charge in [-0.1, -0.05) is 13.8 Å². The largest absolute Gasteiger partial charge is 0.390 e. The molecular weight excluding hydrogens is 140 g/mol. The molecule has 0 radical (unpaired) electrons. The first-order valence-corrected chi connectivity index (χ1v) is 4.18. The molecule has 0 saturated heterocycles. The van der Waals surface area contributed by atoms with Gasteiger partial charge in [0.2, 0.25) is 0 Å². The predicted octanol–water partition coefficient (Wildman–Crippen LogP) is 1.37. The maximum atomic E-state index is 11.3. The summed E-state index contributed by atoms with van der Waals surface area (Å²) in [5.41, 5.74) is -0.560. The van der Waals surface area contributed by atoms with Gasteiger partial charge in [0.05, 0.1) is 5.60 Å². The zero-order valence-corrected chi connectivity index (χ0v) is 7.42. The van der Waals surface area contributed by atoms with Crippen molar-refractivity contribution in [3.8, 4) is 0 Å². The molecule has 64 valence electrons. The van der Waals surface area contributed by atoms with Crippen LogP contribution < -0.4 is 0 Å². The maximum absolute atomic E-state index is 11.3. The summed E-state index contributed by atoms with van der Waals surface area (Å²) in [5.74, 6) is 0.553. The summed E-state index contributed by atoms with van der Waals surface area (Å²) >= 11 is 0. The van der Waals surface area contributed by atoms with Crippen LogP contribution in [0.4, 0.5) is 0 Å². The zero-order valence-electron chi connectivity index (χ0n) is 7.42. The molecule has 1 fully saturated rings. The van der Waals surface area contributed by atoms with Gasteiger partial charge in [0, 0.05) is 11.8 Å². The number of rotatable bonds is 2. The fourth-order valence-corrected chi connectivity index (χ4v) is 1.67. The third-order valence-corrected chi connectivity index (χ3v) is 2.34. The minimum atomic E-state index is -0.560. The topological polar surface area (TPSA) is 37.3 Å². The molecule has 0 heterocycles. The van der Waals surface area contributed by atoms with Crippen molar-refractivity contribution < 1.29 is 9.90 Å². The predicted molar refractivity (Wildman–Crippen MR) is 43.2 cm³/mol. The fourth-order valence-electron chi connectivity index (χ4n) is 1.67. The van der Waals surface area contributed by atoms with E-state index in [4.69, 9.17) is 0 Å². The lowest BCUT2D eigenvalue weighted by molar-refractivity contribution is -0.139. The molecule has 0 unspecified atom stereocenters. The number of carbonyl (C=O) groups excluding carboxylic acids is 1. The summed E-state index contributed by atoms with van der Waals surface area (Å²) in [6, 6.07) is 0. The van der Waals surface area contributed by atoms with E-state index in [1.165, 1.54) is 0 Å². The highest BCUT2D eigenvalue weighted by atomic mass is 16.3. The zero-order chi connectivity index (χ0) is 8.65. The van der Waals surface area contributed by atoms with Crippen molar-refractivity contribution in [3.05, 3.63) is 0 Å². The number of hydrogen-bond donors (Lipinski definition) is 1. The monoisotopic (exact) mass is 156 g/mol. The molecule has 1 aliphatic carbocycles. The Morgan fingerprint density at radius 3 is 2.27 bits per heavy atom. The average Bonchev–Trinajstić information content (AvgIpc) is 1.80. The maximum Gasteiger partial charge on any atom is 0.138 e. The average molecular weight is 156 g/mol. The standard InChI is InChI=1S/C9H16O2/c1-6(2)8(10)7-4-9(3,11)5-7/h6-7,11H,4-5H2,1-3H3/t7-,9-. The van der Waals surface area contributed by atoms with Crippen molar-refractivity contribution in [2.75, 3.05) is 0 Å². The van der Waals surface area contributed by atoms with E-state index in [1.54, 1.807) is 6.92 Å². The van der Waals surface area contributed by atoms with E-state index in [0.717, 1.165) is 0 Å². The molecule has 1 rings (SSSR count).